The zero-order valence-electron chi connectivity index (χ0n) is 17.6. The molecule has 0 spiro atoms. The monoisotopic (exact) mass is 432 g/mol. The number of carbonyl (C=O) groups excluding carboxylic acids is 1. The van der Waals surface area contributed by atoms with E-state index in [0.29, 0.717) is 12.3 Å². The molecule has 1 aliphatic heterocycles. The summed E-state index contributed by atoms with van der Waals surface area (Å²) in [4.78, 5) is 22.9. The average Bonchev–Trinajstić information content (AvgIpc) is 2.96. The topological polar surface area (TPSA) is 47.3 Å². The van der Waals surface area contributed by atoms with Crippen LogP contribution in [-0.4, -0.2) is 29.0 Å². The van der Waals surface area contributed by atoms with Gasteiger partial charge in [-0.25, -0.2) is 4.79 Å². The summed E-state index contributed by atoms with van der Waals surface area (Å²) in [5.74, 6) is 1.04. The van der Waals surface area contributed by atoms with Gasteiger partial charge in [-0.15, -0.1) is 0 Å². The van der Waals surface area contributed by atoms with Crippen LogP contribution in [0.2, 0.25) is 5.02 Å². The Kier molecular flexibility index (Phi) is 5.84. The minimum absolute atomic E-state index is 0.276. The standard InChI is InChI=1S/C26H26ClN3O/c27-22-7-8-23-21(16-22)6-5-20-4-2-12-29-26(20)25(23)19-9-13-30(14-10-19)24(31)15-18-3-1-11-28-17-18/h1-4,7-8,11-12,16-17,19,25H,5-6,9-10,13-15H2/p+1. The van der Waals surface area contributed by atoms with Gasteiger partial charge in [0.15, 0.2) is 0 Å². The molecule has 1 atom stereocenters. The van der Waals surface area contributed by atoms with Gasteiger partial charge >= 0.3 is 5.91 Å². The van der Waals surface area contributed by atoms with Gasteiger partial charge in [-0.2, -0.15) is 0 Å². The van der Waals surface area contributed by atoms with Gasteiger partial charge in [-0.05, 0) is 65.3 Å². The Bertz CT molecular complexity index is 1080. The number of fused-ring (bicyclic) bond motifs is 2. The molecule has 1 saturated heterocycles. The molecule has 1 unspecified atom stereocenters. The van der Waals surface area contributed by atoms with Crippen LogP contribution in [0.3, 0.4) is 0 Å². The van der Waals surface area contributed by atoms with Crippen LogP contribution in [0.15, 0.2) is 61.1 Å². The number of quaternary nitrogens is 1. The van der Waals surface area contributed by atoms with Crippen LogP contribution in [0.5, 0.6) is 0 Å². The van der Waals surface area contributed by atoms with Crippen molar-refractivity contribution in [1.29, 1.82) is 0 Å². The highest BCUT2D eigenvalue weighted by atomic mass is 35.5. The Morgan fingerprint density at radius 3 is 2.65 bits per heavy atom. The van der Waals surface area contributed by atoms with Crippen molar-refractivity contribution in [3.8, 4) is 0 Å². The Balaban J connectivity index is 1.37. The molecule has 5 rings (SSSR count). The van der Waals surface area contributed by atoms with Crippen molar-refractivity contribution in [2.45, 2.75) is 38.0 Å². The van der Waals surface area contributed by atoms with Crippen LogP contribution in [-0.2, 0) is 24.1 Å². The second-order valence-corrected chi connectivity index (χ2v) is 9.21. The summed E-state index contributed by atoms with van der Waals surface area (Å²) in [7, 11) is 0. The number of benzene rings is 1. The first kappa shape index (κ1) is 20.3. The van der Waals surface area contributed by atoms with Crippen LogP contribution in [0.1, 0.15) is 46.7 Å². The molecule has 2 aliphatic rings. The Labute approximate surface area is 188 Å². The number of nitrogens with one attached hydrogen (secondary N) is 1. The second-order valence-electron chi connectivity index (χ2n) is 8.77. The normalized spacial score (nSPS) is 22.8. The molecule has 0 radical (unpaired) electrons. The van der Waals surface area contributed by atoms with Crippen molar-refractivity contribution in [3.05, 3.63) is 94.0 Å². The number of likely N-dealkylation sites (tertiary alicyclic amines) is 1. The third-order valence-corrected chi connectivity index (χ3v) is 7.15. The Hall–Kier alpha value is -2.56. The van der Waals surface area contributed by atoms with E-state index in [2.05, 4.69) is 23.2 Å². The summed E-state index contributed by atoms with van der Waals surface area (Å²) in [6, 6.07) is 14.5. The maximum Gasteiger partial charge on any atom is 0.316 e. The number of piperidine rings is 1. The van der Waals surface area contributed by atoms with Gasteiger partial charge < -0.3 is 0 Å². The molecule has 3 aromatic rings. The lowest BCUT2D eigenvalue weighted by molar-refractivity contribution is -0.827. The summed E-state index contributed by atoms with van der Waals surface area (Å²) >= 11 is 6.33. The number of nitrogens with zero attached hydrogens (tertiary/aromatic N) is 2. The molecule has 3 heterocycles. The van der Waals surface area contributed by atoms with Crippen molar-refractivity contribution in [3.63, 3.8) is 0 Å². The van der Waals surface area contributed by atoms with Gasteiger partial charge in [-0.1, -0.05) is 29.8 Å². The smallest absolute Gasteiger partial charge is 0.272 e. The molecule has 0 saturated carbocycles. The van der Waals surface area contributed by atoms with Crippen LogP contribution >= 0.6 is 11.6 Å². The number of amides is 1. The molecule has 1 N–H and O–H groups in total. The van der Waals surface area contributed by atoms with E-state index in [0.717, 1.165) is 54.3 Å². The lowest BCUT2D eigenvalue weighted by atomic mass is 9.76. The number of aromatic nitrogens is 2. The predicted octanol–water partition coefficient (Wildman–Crippen LogP) is 3.42. The molecular formula is C26H27ClN3O+. The van der Waals surface area contributed by atoms with Crippen LogP contribution in [0.4, 0.5) is 0 Å². The lowest BCUT2D eigenvalue weighted by Gasteiger charge is -2.34. The summed E-state index contributed by atoms with van der Waals surface area (Å²) < 4.78 is 0. The fraction of sp³-hybridized carbons (Fsp3) is 0.346. The highest BCUT2D eigenvalue weighted by Gasteiger charge is 2.36. The van der Waals surface area contributed by atoms with E-state index in [1.54, 1.807) is 12.4 Å². The molecule has 31 heavy (non-hydrogen) atoms. The predicted molar refractivity (Wildman–Crippen MR) is 121 cm³/mol. The second kappa shape index (κ2) is 8.89. The molecule has 1 fully saturated rings. The molecule has 0 bridgehead atoms. The number of aryl methyl sites for hydroxylation is 2. The summed E-state index contributed by atoms with van der Waals surface area (Å²) in [6.07, 6.45) is 9.97. The van der Waals surface area contributed by atoms with E-state index in [9.17, 15) is 4.79 Å². The van der Waals surface area contributed by atoms with E-state index < -0.39 is 0 Å². The van der Waals surface area contributed by atoms with Crippen LogP contribution in [0, 0.1) is 5.92 Å². The molecule has 2 aromatic heterocycles. The van der Waals surface area contributed by atoms with Gasteiger partial charge in [0.25, 0.3) is 0 Å². The van der Waals surface area contributed by atoms with E-state index in [1.165, 1.54) is 22.4 Å². The summed E-state index contributed by atoms with van der Waals surface area (Å²) in [6.45, 7) is 1.76. The van der Waals surface area contributed by atoms with Gasteiger partial charge in [0.1, 0.15) is 0 Å². The fourth-order valence-electron chi connectivity index (χ4n) is 5.34. The quantitative estimate of drug-likeness (QED) is 0.689. The third kappa shape index (κ3) is 4.28. The number of pyridine rings is 2. The van der Waals surface area contributed by atoms with E-state index >= 15 is 0 Å². The molecule has 4 nitrogen and oxygen atoms in total. The van der Waals surface area contributed by atoms with Crippen molar-refractivity contribution in [2.75, 3.05) is 13.1 Å². The molecule has 1 aliphatic carbocycles. The van der Waals surface area contributed by atoms with Gasteiger partial charge in [-0.3, -0.25) is 14.9 Å². The van der Waals surface area contributed by atoms with Gasteiger partial charge in [0, 0.05) is 42.4 Å². The highest BCUT2D eigenvalue weighted by molar-refractivity contribution is 6.30. The van der Waals surface area contributed by atoms with Crippen molar-refractivity contribution >= 4 is 17.5 Å². The van der Waals surface area contributed by atoms with Crippen molar-refractivity contribution in [2.24, 2.45) is 5.92 Å². The zero-order chi connectivity index (χ0) is 21.2. The fourth-order valence-corrected chi connectivity index (χ4v) is 5.54. The molecule has 5 heteroatoms. The molecule has 1 aromatic carbocycles. The van der Waals surface area contributed by atoms with Crippen molar-refractivity contribution in [1.82, 2.24) is 9.97 Å². The highest BCUT2D eigenvalue weighted by Crippen LogP contribution is 2.41. The number of hydrogen-bond acceptors (Lipinski definition) is 3. The largest absolute Gasteiger partial charge is 0.316 e. The zero-order valence-corrected chi connectivity index (χ0v) is 18.3. The van der Waals surface area contributed by atoms with Crippen LogP contribution < -0.4 is 4.90 Å². The minimum Gasteiger partial charge on any atom is -0.272 e. The third-order valence-electron chi connectivity index (χ3n) is 6.91. The Morgan fingerprint density at radius 2 is 1.84 bits per heavy atom. The van der Waals surface area contributed by atoms with E-state index in [4.69, 9.17) is 16.6 Å². The van der Waals surface area contributed by atoms with Crippen LogP contribution in [0.25, 0.3) is 0 Å². The van der Waals surface area contributed by atoms with Gasteiger partial charge in [0.2, 0.25) is 0 Å². The van der Waals surface area contributed by atoms with E-state index in [1.807, 2.05) is 30.5 Å². The van der Waals surface area contributed by atoms with E-state index in [-0.39, 0.29) is 11.8 Å². The summed E-state index contributed by atoms with van der Waals surface area (Å²) in [5.41, 5.74) is 6.28. The number of halogens is 1. The SMILES string of the molecule is O=C(Cc1cccnc1)[NH+]1CCC(C2c3ccc(Cl)cc3CCc3cccnc32)CC1. The van der Waals surface area contributed by atoms with Gasteiger partial charge in [0.05, 0.1) is 25.2 Å². The molecule has 158 valence electrons. The molecular weight excluding hydrogens is 406 g/mol. The van der Waals surface area contributed by atoms with Crippen molar-refractivity contribution < 1.29 is 9.69 Å². The number of rotatable bonds is 3. The lowest BCUT2D eigenvalue weighted by Crippen LogP contribution is -3.15. The molecule has 1 amide bonds. The average molecular weight is 433 g/mol. The first-order chi connectivity index (χ1) is 15.2. The first-order valence-electron chi connectivity index (χ1n) is 11.2. The maximum absolute atomic E-state index is 12.8. The summed E-state index contributed by atoms with van der Waals surface area (Å²) in [5, 5.41) is 0.802. The number of carbonyl (C=O) groups is 1. The minimum atomic E-state index is 0.276. The first-order valence-corrected chi connectivity index (χ1v) is 11.6. The maximum atomic E-state index is 12.8. The Morgan fingerprint density at radius 1 is 1.03 bits per heavy atom. The number of hydrogen-bond donors (Lipinski definition) is 1.